The summed E-state index contributed by atoms with van der Waals surface area (Å²) in [5, 5.41) is 17.7. The number of ether oxygens (including phenoxy) is 1. The zero-order valence-electron chi connectivity index (χ0n) is 21.4. The SMILES string of the molecule is CC#CC(=O)NCC(=O)N1CCN(Cc2cc3c(N4CCOCC4)nc(-c4ccccc4O)nn3c2)CC1. The number of amides is 2. The largest absolute Gasteiger partial charge is 0.507 e. The van der Waals surface area contributed by atoms with Crippen molar-refractivity contribution in [2.75, 3.05) is 63.9 Å². The molecule has 3 aromatic rings. The highest BCUT2D eigenvalue weighted by Crippen LogP contribution is 2.30. The highest BCUT2D eigenvalue weighted by molar-refractivity contribution is 5.95. The molecule has 2 aliphatic rings. The summed E-state index contributed by atoms with van der Waals surface area (Å²) in [6, 6.07) is 9.19. The van der Waals surface area contributed by atoms with Crippen LogP contribution in [-0.4, -0.2) is 100 Å². The average Bonchev–Trinajstić information content (AvgIpc) is 3.35. The van der Waals surface area contributed by atoms with Gasteiger partial charge in [-0.1, -0.05) is 18.1 Å². The van der Waals surface area contributed by atoms with Crippen LogP contribution in [0.1, 0.15) is 12.5 Å². The van der Waals surface area contributed by atoms with Gasteiger partial charge in [0, 0.05) is 52.0 Å². The van der Waals surface area contributed by atoms with Gasteiger partial charge in [-0.25, -0.2) is 9.50 Å². The Bertz CT molecular complexity index is 1380. The third kappa shape index (κ3) is 5.72. The molecule has 1 aromatic carbocycles. The molecular weight excluding hydrogens is 486 g/mol. The van der Waals surface area contributed by atoms with Crippen LogP contribution in [0, 0.1) is 11.8 Å². The normalized spacial score (nSPS) is 16.2. The number of phenolic OH excluding ortho intramolecular Hbond substituents is 1. The number of phenols is 1. The van der Waals surface area contributed by atoms with E-state index in [1.54, 1.807) is 24.0 Å². The topological polar surface area (TPSA) is 116 Å². The van der Waals surface area contributed by atoms with Gasteiger partial charge in [0.2, 0.25) is 5.91 Å². The monoisotopic (exact) mass is 517 g/mol. The second-order valence-electron chi connectivity index (χ2n) is 9.27. The van der Waals surface area contributed by atoms with Crippen molar-refractivity contribution < 1.29 is 19.4 Å². The van der Waals surface area contributed by atoms with E-state index in [9.17, 15) is 14.7 Å². The molecule has 11 heteroatoms. The summed E-state index contributed by atoms with van der Waals surface area (Å²) >= 11 is 0. The number of anilines is 1. The minimum atomic E-state index is -0.439. The minimum Gasteiger partial charge on any atom is -0.507 e. The summed E-state index contributed by atoms with van der Waals surface area (Å²) < 4.78 is 7.39. The van der Waals surface area contributed by atoms with Crippen LogP contribution in [-0.2, 0) is 20.9 Å². The lowest BCUT2D eigenvalue weighted by Crippen LogP contribution is -2.50. The van der Waals surface area contributed by atoms with E-state index in [2.05, 4.69) is 33.0 Å². The van der Waals surface area contributed by atoms with E-state index in [0.29, 0.717) is 44.2 Å². The highest BCUT2D eigenvalue weighted by atomic mass is 16.5. The number of nitrogens with one attached hydrogen (secondary N) is 1. The molecule has 2 aliphatic heterocycles. The molecule has 0 spiro atoms. The fourth-order valence-corrected chi connectivity index (χ4v) is 4.75. The first-order chi connectivity index (χ1) is 18.5. The van der Waals surface area contributed by atoms with Crippen molar-refractivity contribution in [1.29, 1.82) is 0 Å². The zero-order valence-corrected chi connectivity index (χ0v) is 21.4. The fraction of sp³-hybridized carbons (Fsp3) is 0.407. The number of aromatic hydroxyl groups is 1. The van der Waals surface area contributed by atoms with Crippen LogP contribution in [0.2, 0.25) is 0 Å². The number of nitrogens with zero attached hydrogens (tertiary/aromatic N) is 6. The number of rotatable bonds is 6. The summed E-state index contributed by atoms with van der Waals surface area (Å²) in [5.41, 5.74) is 2.58. The Kier molecular flexibility index (Phi) is 7.72. The maximum absolute atomic E-state index is 12.4. The molecule has 2 aromatic heterocycles. The molecule has 0 atom stereocenters. The van der Waals surface area contributed by atoms with Gasteiger partial charge < -0.3 is 25.0 Å². The van der Waals surface area contributed by atoms with E-state index in [4.69, 9.17) is 14.8 Å². The van der Waals surface area contributed by atoms with E-state index in [1.165, 1.54) is 0 Å². The predicted octanol–water partition coefficient (Wildman–Crippen LogP) is 0.722. The molecule has 0 unspecified atom stereocenters. The first-order valence-corrected chi connectivity index (χ1v) is 12.7. The lowest BCUT2D eigenvalue weighted by Gasteiger charge is -2.34. The van der Waals surface area contributed by atoms with Gasteiger partial charge in [-0.05, 0) is 36.6 Å². The number of morpholine rings is 1. The van der Waals surface area contributed by atoms with E-state index < -0.39 is 5.91 Å². The van der Waals surface area contributed by atoms with E-state index >= 15 is 0 Å². The number of piperazine rings is 1. The van der Waals surface area contributed by atoms with Crippen LogP contribution in [0.25, 0.3) is 16.9 Å². The van der Waals surface area contributed by atoms with Gasteiger partial charge in [-0.2, -0.15) is 0 Å². The van der Waals surface area contributed by atoms with Crippen molar-refractivity contribution in [3.8, 4) is 29.0 Å². The minimum absolute atomic E-state index is 0.0410. The van der Waals surface area contributed by atoms with E-state index in [1.807, 2.05) is 22.8 Å². The maximum Gasteiger partial charge on any atom is 0.296 e. The van der Waals surface area contributed by atoms with Crippen molar-refractivity contribution in [2.45, 2.75) is 13.5 Å². The lowest BCUT2D eigenvalue weighted by atomic mass is 10.2. The molecule has 5 rings (SSSR count). The highest BCUT2D eigenvalue weighted by Gasteiger charge is 2.23. The number of carbonyl (C=O) groups excluding carboxylic acids is 2. The summed E-state index contributed by atoms with van der Waals surface area (Å²) in [6.07, 6.45) is 2.01. The number of para-hydroxylation sites is 1. The Balaban J connectivity index is 1.31. The van der Waals surface area contributed by atoms with E-state index in [-0.39, 0.29) is 18.2 Å². The van der Waals surface area contributed by atoms with Gasteiger partial charge >= 0.3 is 0 Å². The van der Waals surface area contributed by atoms with Gasteiger partial charge in [0.25, 0.3) is 5.91 Å². The zero-order chi connectivity index (χ0) is 26.5. The molecule has 198 valence electrons. The number of carbonyl (C=O) groups is 2. The van der Waals surface area contributed by atoms with Crippen molar-refractivity contribution in [3.63, 3.8) is 0 Å². The average molecular weight is 518 g/mol. The van der Waals surface area contributed by atoms with Crippen LogP contribution in [0.3, 0.4) is 0 Å². The van der Waals surface area contributed by atoms with Gasteiger partial charge in [-0.15, -0.1) is 5.10 Å². The first-order valence-electron chi connectivity index (χ1n) is 12.7. The van der Waals surface area contributed by atoms with Gasteiger partial charge in [0.05, 0.1) is 25.3 Å². The molecule has 2 saturated heterocycles. The van der Waals surface area contributed by atoms with Crippen LogP contribution in [0.15, 0.2) is 36.5 Å². The molecule has 2 N–H and O–H groups in total. The predicted molar refractivity (Wildman–Crippen MR) is 141 cm³/mol. The lowest BCUT2D eigenvalue weighted by molar-refractivity contribution is -0.133. The van der Waals surface area contributed by atoms with Crippen molar-refractivity contribution in [2.24, 2.45) is 0 Å². The molecule has 0 aliphatic carbocycles. The Morgan fingerprint density at radius 3 is 2.61 bits per heavy atom. The molecule has 4 heterocycles. The maximum atomic E-state index is 12.4. The Morgan fingerprint density at radius 1 is 1.11 bits per heavy atom. The fourth-order valence-electron chi connectivity index (χ4n) is 4.75. The summed E-state index contributed by atoms with van der Waals surface area (Å²) in [6.45, 7) is 7.63. The number of fused-ring (bicyclic) bond motifs is 1. The standard InChI is InChI=1S/C27H31N7O4/c1-2-5-24(36)28-17-25(37)32-10-8-31(9-11-32)18-20-16-22-27(33-12-14-38-15-13-33)29-26(30-34(22)19-20)21-6-3-4-7-23(21)35/h3-4,6-7,16,19,35H,8-15,17-18H2,1H3,(H,28,36). The molecule has 0 saturated carbocycles. The molecule has 2 amide bonds. The Hall–Kier alpha value is -4.14. The van der Waals surface area contributed by atoms with Crippen molar-refractivity contribution >= 4 is 23.1 Å². The molecular formula is C27H31N7O4. The van der Waals surface area contributed by atoms with Gasteiger partial charge in [0.1, 0.15) is 11.3 Å². The van der Waals surface area contributed by atoms with Gasteiger partial charge in [-0.3, -0.25) is 14.5 Å². The van der Waals surface area contributed by atoms with Gasteiger partial charge in [0.15, 0.2) is 11.6 Å². The Morgan fingerprint density at radius 2 is 1.87 bits per heavy atom. The quantitative estimate of drug-likeness (QED) is 0.460. The number of aromatic nitrogens is 3. The molecule has 0 radical (unpaired) electrons. The third-order valence-corrected chi connectivity index (χ3v) is 6.73. The smallest absolute Gasteiger partial charge is 0.296 e. The number of hydrogen-bond acceptors (Lipinski definition) is 8. The van der Waals surface area contributed by atoms with E-state index in [0.717, 1.165) is 43.1 Å². The number of hydrogen-bond donors (Lipinski definition) is 2. The molecule has 0 bridgehead atoms. The first kappa shape index (κ1) is 25.5. The molecule has 11 nitrogen and oxygen atoms in total. The van der Waals surface area contributed by atoms with Crippen LogP contribution in [0.5, 0.6) is 5.75 Å². The summed E-state index contributed by atoms with van der Waals surface area (Å²) in [5.74, 6) is 5.77. The number of benzene rings is 1. The van der Waals surface area contributed by atoms with Crippen LogP contribution in [0.4, 0.5) is 5.82 Å². The van der Waals surface area contributed by atoms with Crippen LogP contribution >= 0.6 is 0 Å². The second kappa shape index (κ2) is 11.5. The molecule has 38 heavy (non-hydrogen) atoms. The molecule has 2 fully saturated rings. The van der Waals surface area contributed by atoms with Crippen molar-refractivity contribution in [1.82, 2.24) is 29.7 Å². The summed E-state index contributed by atoms with van der Waals surface area (Å²) in [4.78, 5) is 35.1. The third-order valence-electron chi connectivity index (χ3n) is 6.73. The second-order valence-corrected chi connectivity index (χ2v) is 9.27. The Labute approximate surface area is 221 Å². The van der Waals surface area contributed by atoms with Crippen molar-refractivity contribution in [3.05, 3.63) is 42.1 Å². The summed E-state index contributed by atoms with van der Waals surface area (Å²) in [7, 11) is 0. The van der Waals surface area contributed by atoms with Crippen LogP contribution < -0.4 is 10.2 Å².